The van der Waals surface area contributed by atoms with E-state index in [-0.39, 0.29) is 17.0 Å². The maximum atomic E-state index is 11.5. The molecule has 0 bridgehead atoms. The summed E-state index contributed by atoms with van der Waals surface area (Å²) >= 11 is 3.36. The number of carbonyl (C=O) groups excluding carboxylic acids is 1. The summed E-state index contributed by atoms with van der Waals surface area (Å²) in [4.78, 5) is 21.8. The molecule has 21 heavy (non-hydrogen) atoms. The van der Waals surface area contributed by atoms with Gasteiger partial charge in [-0.15, -0.1) is 0 Å². The molecule has 0 fully saturated rings. The molecule has 0 saturated heterocycles. The number of benzene rings is 2. The Morgan fingerprint density at radius 3 is 2.52 bits per heavy atom. The SMILES string of the molecule is CC(=O)c1cc(Oc2ccc(Br)cc2C)ccc1[N+](=O)[O-]. The van der Waals surface area contributed by atoms with Gasteiger partial charge in [0.2, 0.25) is 0 Å². The Kier molecular flexibility index (Phi) is 4.37. The van der Waals surface area contributed by atoms with Crippen molar-refractivity contribution in [3.8, 4) is 11.5 Å². The second-order valence-corrected chi connectivity index (χ2v) is 5.42. The predicted molar refractivity (Wildman–Crippen MR) is 82.1 cm³/mol. The summed E-state index contributed by atoms with van der Waals surface area (Å²) in [5, 5.41) is 10.9. The van der Waals surface area contributed by atoms with Crippen LogP contribution < -0.4 is 4.74 Å². The summed E-state index contributed by atoms with van der Waals surface area (Å²) < 4.78 is 6.63. The van der Waals surface area contributed by atoms with Crippen LogP contribution in [0.3, 0.4) is 0 Å². The standard InChI is InChI=1S/C15H12BrNO4/c1-9-7-11(16)3-6-15(9)21-12-4-5-14(17(19)20)13(8-12)10(2)18/h3-8H,1-2H3. The lowest BCUT2D eigenvalue weighted by atomic mass is 10.1. The third-order valence-corrected chi connectivity index (χ3v) is 3.40. The van der Waals surface area contributed by atoms with Crippen molar-refractivity contribution in [1.82, 2.24) is 0 Å². The minimum Gasteiger partial charge on any atom is -0.457 e. The second-order valence-electron chi connectivity index (χ2n) is 4.50. The largest absolute Gasteiger partial charge is 0.457 e. The van der Waals surface area contributed by atoms with Gasteiger partial charge >= 0.3 is 0 Å². The Morgan fingerprint density at radius 2 is 1.95 bits per heavy atom. The number of nitrogens with zero attached hydrogens (tertiary/aromatic N) is 1. The molecule has 5 nitrogen and oxygen atoms in total. The quantitative estimate of drug-likeness (QED) is 0.457. The summed E-state index contributed by atoms with van der Waals surface area (Å²) in [6, 6.07) is 9.66. The lowest BCUT2D eigenvalue weighted by Gasteiger charge is -2.10. The molecule has 0 heterocycles. The lowest BCUT2D eigenvalue weighted by Crippen LogP contribution is -2.00. The monoisotopic (exact) mass is 349 g/mol. The van der Waals surface area contributed by atoms with E-state index in [2.05, 4.69) is 15.9 Å². The number of nitro groups is 1. The number of Topliss-reactive ketones (excluding diaryl/α,β-unsaturated/α-hetero) is 1. The van der Waals surface area contributed by atoms with E-state index in [0.29, 0.717) is 11.5 Å². The van der Waals surface area contributed by atoms with Gasteiger partial charge in [0.05, 0.1) is 10.5 Å². The van der Waals surface area contributed by atoms with Gasteiger partial charge in [-0.25, -0.2) is 0 Å². The third-order valence-electron chi connectivity index (χ3n) is 2.91. The maximum Gasteiger partial charge on any atom is 0.280 e. The van der Waals surface area contributed by atoms with Crippen LogP contribution >= 0.6 is 15.9 Å². The molecule has 0 aliphatic carbocycles. The van der Waals surface area contributed by atoms with Crippen LogP contribution in [0.2, 0.25) is 0 Å². The number of carbonyl (C=O) groups is 1. The van der Waals surface area contributed by atoms with Crippen molar-refractivity contribution in [2.24, 2.45) is 0 Å². The van der Waals surface area contributed by atoms with E-state index >= 15 is 0 Å². The molecule has 0 atom stereocenters. The van der Waals surface area contributed by atoms with Crippen LogP contribution in [-0.2, 0) is 0 Å². The summed E-state index contributed by atoms with van der Waals surface area (Å²) in [7, 11) is 0. The first-order valence-electron chi connectivity index (χ1n) is 6.12. The van der Waals surface area contributed by atoms with E-state index in [9.17, 15) is 14.9 Å². The molecule has 6 heteroatoms. The highest BCUT2D eigenvalue weighted by atomic mass is 79.9. The molecule has 2 aromatic rings. The number of aryl methyl sites for hydroxylation is 1. The number of ether oxygens (including phenoxy) is 1. The molecule has 0 aliphatic rings. The Bertz CT molecular complexity index is 728. The zero-order valence-corrected chi connectivity index (χ0v) is 13.0. The number of hydrogen-bond acceptors (Lipinski definition) is 4. The first-order valence-corrected chi connectivity index (χ1v) is 6.91. The van der Waals surface area contributed by atoms with Gasteiger partial charge in [0.1, 0.15) is 11.5 Å². The summed E-state index contributed by atoms with van der Waals surface area (Å²) in [6.45, 7) is 3.17. The van der Waals surface area contributed by atoms with E-state index in [4.69, 9.17) is 4.74 Å². The highest BCUT2D eigenvalue weighted by Gasteiger charge is 2.18. The van der Waals surface area contributed by atoms with Crippen LogP contribution in [0.1, 0.15) is 22.8 Å². The highest BCUT2D eigenvalue weighted by molar-refractivity contribution is 9.10. The molecule has 0 aromatic heterocycles. The van der Waals surface area contributed by atoms with Crippen molar-refractivity contribution in [2.75, 3.05) is 0 Å². The van der Waals surface area contributed by atoms with Gasteiger partial charge < -0.3 is 4.74 Å². The van der Waals surface area contributed by atoms with Crippen LogP contribution in [0.15, 0.2) is 40.9 Å². The molecule has 0 aliphatic heterocycles. The number of halogens is 1. The molecule has 108 valence electrons. The predicted octanol–water partition coefficient (Wildman–Crippen LogP) is 4.66. The Balaban J connectivity index is 2.39. The van der Waals surface area contributed by atoms with Crippen LogP contribution in [0.5, 0.6) is 11.5 Å². The molecule has 0 unspecified atom stereocenters. The molecular weight excluding hydrogens is 338 g/mol. The fourth-order valence-electron chi connectivity index (χ4n) is 1.87. The van der Waals surface area contributed by atoms with E-state index in [1.165, 1.54) is 25.1 Å². The maximum absolute atomic E-state index is 11.5. The van der Waals surface area contributed by atoms with E-state index in [1.54, 1.807) is 6.07 Å². The van der Waals surface area contributed by atoms with Gasteiger partial charge in [-0.05, 0) is 49.7 Å². The van der Waals surface area contributed by atoms with Gasteiger partial charge in [0, 0.05) is 10.5 Å². The van der Waals surface area contributed by atoms with Crippen LogP contribution in [0, 0.1) is 17.0 Å². The molecule has 0 spiro atoms. The topological polar surface area (TPSA) is 69.4 Å². The normalized spacial score (nSPS) is 10.2. The highest BCUT2D eigenvalue weighted by Crippen LogP contribution is 2.30. The van der Waals surface area contributed by atoms with Crippen molar-refractivity contribution in [3.05, 3.63) is 62.1 Å². The van der Waals surface area contributed by atoms with E-state index < -0.39 is 4.92 Å². The number of ketones is 1. The first-order chi connectivity index (χ1) is 9.88. The van der Waals surface area contributed by atoms with Crippen molar-refractivity contribution in [1.29, 1.82) is 0 Å². The molecule has 2 aromatic carbocycles. The second kappa shape index (κ2) is 6.05. The molecule has 0 radical (unpaired) electrons. The fourth-order valence-corrected chi connectivity index (χ4v) is 2.35. The van der Waals surface area contributed by atoms with Crippen molar-refractivity contribution >= 4 is 27.4 Å². The summed E-state index contributed by atoms with van der Waals surface area (Å²) in [6.07, 6.45) is 0. The molecule has 2 rings (SSSR count). The molecule has 0 amide bonds. The van der Waals surface area contributed by atoms with E-state index in [1.807, 2.05) is 19.1 Å². The third kappa shape index (κ3) is 3.46. The smallest absolute Gasteiger partial charge is 0.280 e. The number of nitro benzene ring substituents is 1. The Labute approximate surface area is 129 Å². The van der Waals surface area contributed by atoms with Gasteiger partial charge in [-0.1, -0.05) is 15.9 Å². The zero-order valence-electron chi connectivity index (χ0n) is 11.4. The average molecular weight is 350 g/mol. The minimum atomic E-state index is -0.578. The zero-order chi connectivity index (χ0) is 15.6. The van der Waals surface area contributed by atoms with Gasteiger partial charge in [-0.2, -0.15) is 0 Å². The summed E-state index contributed by atoms with van der Waals surface area (Å²) in [5.74, 6) is 0.637. The van der Waals surface area contributed by atoms with E-state index in [0.717, 1.165) is 10.0 Å². The Morgan fingerprint density at radius 1 is 1.24 bits per heavy atom. The molecule has 0 N–H and O–H groups in total. The van der Waals surface area contributed by atoms with Gasteiger partial charge in [-0.3, -0.25) is 14.9 Å². The van der Waals surface area contributed by atoms with Gasteiger partial charge in [0.15, 0.2) is 5.78 Å². The fraction of sp³-hybridized carbons (Fsp3) is 0.133. The lowest BCUT2D eigenvalue weighted by molar-refractivity contribution is -0.385. The van der Waals surface area contributed by atoms with Crippen LogP contribution in [0.25, 0.3) is 0 Å². The number of rotatable bonds is 4. The molecule has 0 saturated carbocycles. The first kappa shape index (κ1) is 15.2. The van der Waals surface area contributed by atoms with Gasteiger partial charge in [0.25, 0.3) is 5.69 Å². The van der Waals surface area contributed by atoms with Crippen LogP contribution in [-0.4, -0.2) is 10.7 Å². The van der Waals surface area contributed by atoms with Crippen molar-refractivity contribution < 1.29 is 14.5 Å². The van der Waals surface area contributed by atoms with Crippen LogP contribution in [0.4, 0.5) is 5.69 Å². The van der Waals surface area contributed by atoms with Crippen molar-refractivity contribution in [2.45, 2.75) is 13.8 Å². The average Bonchev–Trinajstić information content (AvgIpc) is 2.41. The minimum absolute atomic E-state index is 0.0345. The Hall–Kier alpha value is -2.21. The summed E-state index contributed by atoms with van der Waals surface area (Å²) in [5.41, 5.74) is 0.724. The number of hydrogen-bond donors (Lipinski definition) is 0. The molecular formula is C15H12BrNO4. The van der Waals surface area contributed by atoms with Crippen molar-refractivity contribution in [3.63, 3.8) is 0 Å².